The lowest BCUT2D eigenvalue weighted by atomic mass is 9.92. The molecule has 0 aliphatic rings. The van der Waals surface area contributed by atoms with E-state index in [1.165, 1.54) is 34.4 Å². The lowest BCUT2D eigenvalue weighted by molar-refractivity contribution is 0.199. The third-order valence-electron chi connectivity index (χ3n) is 5.84. The van der Waals surface area contributed by atoms with Gasteiger partial charge in [0, 0.05) is 24.4 Å². The Morgan fingerprint density at radius 1 is 1.04 bits per heavy atom. The van der Waals surface area contributed by atoms with Crippen molar-refractivity contribution in [3.63, 3.8) is 0 Å². The topological polar surface area (TPSA) is 18.5 Å². The zero-order chi connectivity index (χ0) is 18.0. The first-order chi connectivity index (χ1) is 11.4. The van der Waals surface area contributed by atoms with Crippen LogP contribution in [0.3, 0.4) is 0 Å². The van der Waals surface area contributed by atoms with Crippen molar-refractivity contribution in [1.29, 1.82) is 0 Å². The van der Waals surface area contributed by atoms with E-state index < -0.39 is 8.56 Å². The zero-order valence-corrected chi connectivity index (χ0v) is 17.3. The Hall–Kier alpha value is -1.16. The molecule has 0 aromatic heterocycles. The summed E-state index contributed by atoms with van der Waals surface area (Å²) in [5.74, 6) is 0.521. The molecule has 0 radical (unpaired) electrons. The van der Waals surface area contributed by atoms with Crippen LogP contribution in [0.5, 0.6) is 0 Å². The number of hydrogen-bond donors (Lipinski definition) is 0. The summed E-state index contributed by atoms with van der Waals surface area (Å²) in [6.45, 7) is 11.4. The van der Waals surface area contributed by atoms with Gasteiger partial charge in [-0.15, -0.1) is 0 Å². The predicted molar refractivity (Wildman–Crippen MR) is 106 cm³/mol. The summed E-state index contributed by atoms with van der Waals surface area (Å²) in [6.07, 6.45) is 2.36. The minimum atomic E-state index is -2.66. The van der Waals surface area contributed by atoms with E-state index in [1.807, 2.05) is 14.2 Å². The Balaban J connectivity index is 2.78. The van der Waals surface area contributed by atoms with E-state index in [0.717, 1.165) is 0 Å². The Morgan fingerprint density at radius 2 is 1.67 bits per heavy atom. The summed E-state index contributed by atoms with van der Waals surface area (Å²) >= 11 is 0. The molecule has 0 N–H and O–H groups in total. The van der Waals surface area contributed by atoms with Crippen LogP contribution in [0, 0.1) is 12.8 Å². The molecule has 0 amide bonds. The maximum atomic E-state index is 6.31. The number of fused-ring (bicyclic) bond motifs is 1. The van der Waals surface area contributed by atoms with Crippen LogP contribution < -0.4 is 5.19 Å². The van der Waals surface area contributed by atoms with Crippen LogP contribution in [0.1, 0.15) is 46.1 Å². The first-order valence-corrected chi connectivity index (χ1v) is 10.8. The molecular formula is C21H32O2Si. The van der Waals surface area contributed by atoms with Crippen LogP contribution in [0.15, 0.2) is 36.4 Å². The highest BCUT2D eigenvalue weighted by Crippen LogP contribution is 2.47. The summed E-state index contributed by atoms with van der Waals surface area (Å²) in [4.78, 5) is 0. The van der Waals surface area contributed by atoms with Crippen LogP contribution >= 0.6 is 0 Å². The molecule has 0 aliphatic carbocycles. The molecule has 132 valence electrons. The van der Waals surface area contributed by atoms with Gasteiger partial charge in [0.05, 0.1) is 0 Å². The predicted octanol–water partition coefficient (Wildman–Crippen LogP) is 5.31. The van der Waals surface area contributed by atoms with Crippen molar-refractivity contribution in [2.24, 2.45) is 5.92 Å². The molecule has 0 saturated carbocycles. The van der Waals surface area contributed by atoms with E-state index in [0.29, 0.717) is 5.92 Å². The lowest BCUT2D eigenvalue weighted by Crippen LogP contribution is -2.62. The first-order valence-electron chi connectivity index (χ1n) is 8.94. The molecule has 0 bridgehead atoms. The van der Waals surface area contributed by atoms with Crippen LogP contribution in [-0.2, 0) is 8.85 Å². The van der Waals surface area contributed by atoms with Crippen molar-refractivity contribution >= 4 is 24.5 Å². The van der Waals surface area contributed by atoms with E-state index in [1.54, 1.807) is 0 Å². The highest BCUT2D eigenvalue weighted by atomic mass is 28.4. The minimum Gasteiger partial charge on any atom is -0.394 e. The fourth-order valence-electron chi connectivity index (χ4n) is 4.07. The second-order valence-corrected chi connectivity index (χ2v) is 11.3. The zero-order valence-electron chi connectivity index (χ0n) is 16.3. The Morgan fingerprint density at radius 3 is 2.25 bits per heavy atom. The largest absolute Gasteiger partial charge is 0.394 e. The van der Waals surface area contributed by atoms with Gasteiger partial charge in [0.25, 0.3) is 0 Å². The molecule has 0 fully saturated rings. The van der Waals surface area contributed by atoms with Crippen LogP contribution in [0.4, 0.5) is 0 Å². The molecule has 1 atom stereocenters. The highest BCUT2D eigenvalue weighted by Gasteiger charge is 2.56. The lowest BCUT2D eigenvalue weighted by Gasteiger charge is -2.46. The summed E-state index contributed by atoms with van der Waals surface area (Å²) in [5.41, 5.74) is 1.26. The van der Waals surface area contributed by atoms with Gasteiger partial charge in [-0.25, -0.2) is 0 Å². The third-order valence-corrected chi connectivity index (χ3v) is 10.5. The second-order valence-electron chi connectivity index (χ2n) is 7.41. The van der Waals surface area contributed by atoms with Crippen molar-refractivity contribution in [2.45, 2.75) is 52.5 Å². The number of hydrogen-bond acceptors (Lipinski definition) is 2. The molecular weight excluding hydrogens is 312 g/mol. The van der Waals surface area contributed by atoms with Gasteiger partial charge in [-0.2, -0.15) is 0 Å². The molecule has 0 heterocycles. The Labute approximate surface area is 148 Å². The average molecular weight is 345 g/mol. The van der Waals surface area contributed by atoms with Gasteiger partial charge in [0.1, 0.15) is 0 Å². The summed E-state index contributed by atoms with van der Waals surface area (Å²) in [6, 6.07) is 13.0. The maximum Gasteiger partial charge on any atom is 0.379 e. The molecule has 0 saturated heterocycles. The molecule has 0 aliphatic heterocycles. The number of rotatable bonds is 7. The smallest absolute Gasteiger partial charge is 0.379 e. The quantitative estimate of drug-likeness (QED) is 0.634. The SMILES string of the molecule is CCCC(C)C(C)(C)[Si](OC)(OC)c1c(C)ccc2ccccc12. The second kappa shape index (κ2) is 7.38. The van der Waals surface area contributed by atoms with E-state index in [9.17, 15) is 0 Å². The summed E-state index contributed by atoms with van der Waals surface area (Å²) in [7, 11) is 1.00. The maximum absolute atomic E-state index is 6.31. The van der Waals surface area contributed by atoms with Gasteiger partial charge in [0.15, 0.2) is 0 Å². The monoisotopic (exact) mass is 344 g/mol. The summed E-state index contributed by atoms with van der Waals surface area (Å²) in [5, 5.41) is 3.77. The van der Waals surface area contributed by atoms with E-state index in [4.69, 9.17) is 8.85 Å². The standard InChI is InChI=1S/C21H32O2Si/c1-8-11-17(3)21(4,5)24(22-6,23-7)20-16(2)14-15-18-12-9-10-13-19(18)20/h9-10,12-15,17H,8,11H2,1-7H3. The van der Waals surface area contributed by atoms with Crippen LogP contribution in [0.25, 0.3) is 10.8 Å². The molecule has 2 nitrogen and oxygen atoms in total. The molecule has 2 rings (SSSR count). The number of aryl methyl sites for hydroxylation is 1. The molecule has 3 heteroatoms. The fourth-order valence-corrected chi connectivity index (χ4v) is 8.32. The van der Waals surface area contributed by atoms with Gasteiger partial charge < -0.3 is 8.85 Å². The van der Waals surface area contributed by atoms with Gasteiger partial charge in [-0.05, 0) is 29.2 Å². The Bertz CT molecular complexity index is 689. The van der Waals surface area contributed by atoms with Crippen LogP contribution in [-0.4, -0.2) is 22.8 Å². The highest BCUT2D eigenvalue weighted by molar-refractivity contribution is 6.86. The summed E-state index contributed by atoms with van der Waals surface area (Å²) < 4.78 is 12.6. The van der Waals surface area contributed by atoms with Gasteiger partial charge in [-0.1, -0.05) is 76.9 Å². The normalized spacial score (nSPS) is 14.1. The van der Waals surface area contributed by atoms with Gasteiger partial charge in [-0.3, -0.25) is 0 Å². The van der Waals surface area contributed by atoms with Crippen molar-refractivity contribution in [2.75, 3.05) is 14.2 Å². The fraction of sp³-hybridized carbons (Fsp3) is 0.524. The minimum absolute atomic E-state index is 0.0403. The average Bonchev–Trinajstić information content (AvgIpc) is 2.58. The molecule has 1 unspecified atom stereocenters. The molecule has 2 aromatic carbocycles. The van der Waals surface area contributed by atoms with Crippen molar-refractivity contribution in [3.05, 3.63) is 42.0 Å². The Kier molecular flexibility index (Phi) is 5.90. The van der Waals surface area contributed by atoms with Gasteiger partial charge >= 0.3 is 8.56 Å². The van der Waals surface area contributed by atoms with E-state index in [-0.39, 0.29) is 5.04 Å². The third kappa shape index (κ3) is 2.94. The molecule has 0 spiro atoms. The van der Waals surface area contributed by atoms with Crippen molar-refractivity contribution < 1.29 is 8.85 Å². The number of benzene rings is 2. The van der Waals surface area contributed by atoms with Gasteiger partial charge in [0.2, 0.25) is 0 Å². The van der Waals surface area contributed by atoms with Crippen molar-refractivity contribution in [3.8, 4) is 0 Å². The molecule has 2 aromatic rings. The van der Waals surface area contributed by atoms with Crippen LogP contribution in [0.2, 0.25) is 5.04 Å². The molecule has 24 heavy (non-hydrogen) atoms. The van der Waals surface area contributed by atoms with E-state index >= 15 is 0 Å². The van der Waals surface area contributed by atoms with E-state index in [2.05, 4.69) is 71.0 Å². The van der Waals surface area contributed by atoms with Crippen molar-refractivity contribution in [1.82, 2.24) is 0 Å². The first kappa shape index (κ1) is 19.2.